The molecule has 0 radical (unpaired) electrons. The number of hydrogen-bond donors (Lipinski definition) is 2. The summed E-state index contributed by atoms with van der Waals surface area (Å²) in [5.41, 5.74) is 1.08. The summed E-state index contributed by atoms with van der Waals surface area (Å²) in [6.07, 6.45) is 2.48. The van der Waals surface area contributed by atoms with E-state index in [4.69, 9.17) is 0 Å². The highest BCUT2D eigenvalue weighted by Crippen LogP contribution is 2.20. The van der Waals surface area contributed by atoms with Crippen LogP contribution >= 0.6 is 15.9 Å². The molecule has 0 fully saturated rings. The lowest BCUT2D eigenvalue weighted by molar-refractivity contribution is 0.102. The van der Waals surface area contributed by atoms with Crippen molar-refractivity contribution in [3.63, 3.8) is 0 Å². The van der Waals surface area contributed by atoms with Crippen LogP contribution in [0.3, 0.4) is 0 Å². The quantitative estimate of drug-likeness (QED) is 0.892. The second-order valence-electron chi connectivity index (χ2n) is 3.71. The molecule has 0 spiro atoms. The van der Waals surface area contributed by atoms with Crippen LogP contribution in [-0.2, 0) is 0 Å². The first-order valence-electron chi connectivity index (χ1n) is 5.18. The van der Waals surface area contributed by atoms with Gasteiger partial charge in [0.15, 0.2) is 0 Å². The van der Waals surface area contributed by atoms with E-state index in [2.05, 4.69) is 31.2 Å². The summed E-state index contributed by atoms with van der Waals surface area (Å²) >= 11 is 3.34. The third-order valence-electron chi connectivity index (χ3n) is 2.40. The highest BCUT2D eigenvalue weighted by Gasteiger charge is 2.11. The van der Waals surface area contributed by atoms with Crippen LogP contribution in [0.15, 0.2) is 40.0 Å². The highest BCUT2D eigenvalue weighted by molar-refractivity contribution is 9.10. The van der Waals surface area contributed by atoms with Crippen LogP contribution < -0.4 is 10.9 Å². The Balaban J connectivity index is 2.27. The first-order valence-corrected chi connectivity index (χ1v) is 5.97. The van der Waals surface area contributed by atoms with Crippen LogP contribution in [0, 0.1) is 6.92 Å². The Morgan fingerprint density at radius 1 is 1.44 bits per heavy atom. The third-order valence-corrected chi connectivity index (χ3v) is 2.89. The van der Waals surface area contributed by atoms with Crippen molar-refractivity contribution in [2.75, 3.05) is 5.32 Å². The number of nitrogens with one attached hydrogen (secondary N) is 2. The van der Waals surface area contributed by atoms with Crippen molar-refractivity contribution in [1.82, 2.24) is 9.97 Å². The average molecular weight is 308 g/mol. The van der Waals surface area contributed by atoms with E-state index < -0.39 is 11.5 Å². The number of anilines is 1. The number of rotatable bonds is 2. The predicted molar refractivity (Wildman–Crippen MR) is 71.7 cm³/mol. The first kappa shape index (κ1) is 12.5. The standard InChI is InChI=1S/C12H10BrN3O2/c1-7-4-8(13)2-3-10(7)16-12(18)9-5-14-6-15-11(9)17/h2-6H,1H3,(H,16,18)(H,14,15,17). The third kappa shape index (κ3) is 2.65. The van der Waals surface area contributed by atoms with E-state index in [0.717, 1.165) is 10.0 Å². The highest BCUT2D eigenvalue weighted by atomic mass is 79.9. The van der Waals surface area contributed by atoms with E-state index in [1.54, 1.807) is 6.07 Å². The van der Waals surface area contributed by atoms with Crippen molar-refractivity contribution in [1.29, 1.82) is 0 Å². The minimum Gasteiger partial charge on any atom is -0.322 e. The molecule has 0 saturated heterocycles. The smallest absolute Gasteiger partial charge is 0.263 e. The molecule has 0 aliphatic heterocycles. The Labute approximate surface area is 111 Å². The van der Waals surface area contributed by atoms with Crippen molar-refractivity contribution in [2.24, 2.45) is 0 Å². The Morgan fingerprint density at radius 2 is 2.22 bits per heavy atom. The molecule has 6 heteroatoms. The largest absolute Gasteiger partial charge is 0.322 e. The van der Waals surface area contributed by atoms with E-state index in [0.29, 0.717) is 5.69 Å². The second-order valence-corrected chi connectivity index (χ2v) is 4.62. The van der Waals surface area contributed by atoms with Crippen molar-refractivity contribution in [3.05, 3.63) is 56.7 Å². The molecule has 0 saturated carbocycles. The number of nitrogens with zero attached hydrogens (tertiary/aromatic N) is 1. The number of amides is 1. The fourth-order valence-electron chi connectivity index (χ4n) is 1.46. The fourth-order valence-corrected chi connectivity index (χ4v) is 1.94. The van der Waals surface area contributed by atoms with Crippen LogP contribution in [0.25, 0.3) is 0 Å². The fraction of sp³-hybridized carbons (Fsp3) is 0.0833. The molecule has 0 bridgehead atoms. The molecule has 2 N–H and O–H groups in total. The van der Waals surface area contributed by atoms with Gasteiger partial charge in [-0.2, -0.15) is 0 Å². The molecule has 2 aromatic rings. The van der Waals surface area contributed by atoms with Gasteiger partial charge in [-0.15, -0.1) is 0 Å². The first-order chi connectivity index (χ1) is 8.58. The van der Waals surface area contributed by atoms with Gasteiger partial charge in [0.2, 0.25) is 0 Å². The van der Waals surface area contributed by atoms with E-state index >= 15 is 0 Å². The molecule has 18 heavy (non-hydrogen) atoms. The zero-order valence-corrected chi connectivity index (χ0v) is 11.1. The maximum Gasteiger partial charge on any atom is 0.263 e. The zero-order valence-electron chi connectivity index (χ0n) is 9.53. The maximum absolute atomic E-state index is 11.9. The van der Waals surface area contributed by atoms with Gasteiger partial charge in [0, 0.05) is 16.4 Å². The number of halogens is 1. The summed E-state index contributed by atoms with van der Waals surface area (Å²) in [7, 11) is 0. The second kappa shape index (κ2) is 5.14. The minimum absolute atomic E-state index is 0.0141. The van der Waals surface area contributed by atoms with Gasteiger partial charge in [0.05, 0.1) is 6.33 Å². The molecular formula is C12H10BrN3O2. The molecule has 0 aliphatic rings. The number of aromatic nitrogens is 2. The van der Waals surface area contributed by atoms with Crippen molar-refractivity contribution >= 4 is 27.5 Å². The average Bonchev–Trinajstić information content (AvgIpc) is 2.33. The van der Waals surface area contributed by atoms with Gasteiger partial charge in [0.1, 0.15) is 5.56 Å². The maximum atomic E-state index is 11.9. The summed E-state index contributed by atoms with van der Waals surface area (Å²) in [5, 5.41) is 2.67. The lowest BCUT2D eigenvalue weighted by atomic mass is 10.2. The molecule has 1 aromatic heterocycles. The Morgan fingerprint density at radius 3 is 2.89 bits per heavy atom. The zero-order chi connectivity index (χ0) is 13.1. The van der Waals surface area contributed by atoms with Gasteiger partial charge in [-0.1, -0.05) is 15.9 Å². The van der Waals surface area contributed by atoms with Crippen molar-refractivity contribution in [3.8, 4) is 0 Å². The van der Waals surface area contributed by atoms with Gasteiger partial charge >= 0.3 is 0 Å². The van der Waals surface area contributed by atoms with Crippen molar-refractivity contribution < 1.29 is 4.79 Å². The van der Waals surface area contributed by atoms with E-state index in [-0.39, 0.29) is 5.56 Å². The van der Waals surface area contributed by atoms with E-state index in [1.807, 2.05) is 19.1 Å². The summed E-state index contributed by atoms with van der Waals surface area (Å²) < 4.78 is 0.928. The van der Waals surface area contributed by atoms with Crippen LogP contribution in [0.2, 0.25) is 0 Å². The molecule has 0 unspecified atom stereocenters. The molecule has 5 nitrogen and oxygen atoms in total. The number of benzene rings is 1. The molecule has 0 atom stereocenters. The predicted octanol–water partition coefficient (Wildman–Crippen LogP) is 2.09. The van der Waals surface area contributed by atoms with E-state index in [1.165, 1.54) is 12.5 Å². The number of carbonyl (C=O) groups is 1. The molecule has 1 aromatic carbocycles. The van der Waals surface area contributed by atoms with Gasteiger partial charge in [-0.05, 0) is 30.7 Å². The normalized spacial score (nSPS) is 10.1. The number of carbonyl (C=O) groups excluding carboxylic acids is 1. The van der Waals surface area contributed by atoms with Gasteiger partial charge in [0.25, 0.3) is 11.5 Å². The lowest BCUT2D eigenvalue weighted by Gasteiger charge is -2.07. The minimum atomic E-state index is -0.477. The van der Waals surface area contributed by atoms with Crippen molar-refractivity contribution in [2.45, 2.75) is 6.92 Å². The van der Waals surface area contributed by atoms with Crippen LogP contribution in [0.4, 0.5) is 5.69 Å². The lowest BCUT2D eigenvalue weighted by Crippen LogP contribution is -2.23. The number of H-pyrrole nitrogens is 1. The molecule has 2 rings (SSSR count). The van der Waals surface area contributed by atoms with Crippen LogP contribution in [0.5, 0.6) is 0 Å². The van der Waals surface area contributed by atoms with Gasteiger partial charge < -0.3 is 10.3 Å². The van der Waals surface area contributed by atoms with Crippen LogP contribution in [0.1, 0.15) is 15.9 Å². The summed E-state index contributed by atoms with van der Waals surface area (Å²) in [5.74, 6) is -0.477. The SMILES string of the molecule is Cc1cc(Br)ccc1NC(=O)c1cnc[nH]c1=O. The number of hydrogen-bond acceptors (Lipinski definition) is 3. The summed E-state index contributed by atoms with van der Waals surface area (Å²) in [4.78, 5) is 29.4. The van der Waals surface area contributed by atoms with Crippen LogP contribution in [-0.4, -0.2) is 15.9 Å². The molecule has 1 heterocycles. The number of aryl methyl sites for hydroxylation is 1. The molecule has 92 valence electrons. The molecule has 0 aliphatic carbocycles. The van der Waals surface area contributed by atoms with Gasteiger partial charge in [-0.3, -0.25) is 9.59 Å². The Bertz CT molecular complexity index is 652. The summed E-state index contributed by atoms with van der Waals surface area (Å²) in [6, 6.07) is 5.46. The summed E-state index contributed by atoms with van der Waals surface area (Å²) in [6.45, 7) is 1.87. The Hall–Kier alpha value is -1.95. The topological polar surface area (TPSA) is 74.8 Å². The van der Waals surface area contributed by atoms with Gasteiger partial charge in [-0.25, -0.2) is 4.98 Å². The molecular weight excluding hydrogens is 298 g/mol. The van der Waals surface area contributed by atoms with E-state index in [9.17, 15) is 9.59 Å². The number of aromatic amines is 1. The monoisotopic (exact) mass is 307 g/mol. The molecule has 1 amide bonds. The Kier molecular flexibility index (Phi) is 3.57.